The lowest BCUT2D eigenvalue weighted by molar-refractivity contribution is -0.111. The maximum Gasteiger partial charge on any atom is 0.265 e. The fourth-order valence-corrected chi connectivity index (χ4v) is 5.65. The highest BCUT2D eigenvalue weighted by Crippen LogP contribution is 2.40. The van der Waals surface area contributed by atoms with Crippen LogP contribution in [0.15, 0.2) is 103 Å². The fraction of sp³-hybridized carbons (Fsp3) is 0.0645. The first-order chi connectivity index (χ1) is 19.5. The average molecular weight is 568 g/mol. The molecule has 0 atom stereocenters. The molecule has 40 heavy (non-hydrogen) atoms. The summed E-state index contributed by atoms with van der Waals surface area (Å²) >= 11 is 2.69. The van der Waals surface area contributed by atoms with Crippen molar-refractivity contribution in [2.45, 2.75) is 13.2 Å². The lowest BCUT2D eigenvalue weighted by Gasteiger charge is -2.10. The topological polar surface area (TPSA) is 96.5 Å². The van der Waals surface area contributed by atoms with Gasteiger partial charge in [0.05, 0.1) is 4.88 Å². The standard InChI is InChI=1S/C31H25N3O4S2/c1-2-27(35)33-23-13-14-25-24(17-23)28(38-19-20-8-4-3-5-9-20)29(40-25)31(37)32-18-21-10-6-11-22(16-21)34-30(36)26-12-7-15-39-26/h2-17H,1,18-19H2,(H,32,37)(H,33,35)(H,34,36). The molecule has 3 N–H and O–H groups in total. The predicted molar refractivity (Wildman–Crippen MR) is 161 cm³/mol. The van der Waals surface area contributed by atoms with Gasteiger partial charge in [-0.25, -0.2) is 0 Å². The van der Waals surface area contributed by atoms with Gasteiger partial charge in [-0.05, 0) is 59.0 Å². The van der Waals surface area contributed by atoms with E-state index in [1.54, 1.807) is 24.3 Å². The molecule has 5 aromatic rings. The highest BCUT2D eigenvalue weighted by atomic mass is 32.1. The number of ether oxygens (including phenoxy) is 1. The van der Waals surface area contributed by atoms with Crippen LogP contribution in [-0.4, -0.2) is 17.7 Å². The third-order valence-corrected chi connectivity index (χ3v) is 7.93. The minimum absolute atomic E-state index is 0.176. The lowest BCUT2D eigenvalue weighted by Crippen LogP contribution is -2.22. The number of amides is 3. The molecule has 2 aromatic heterocycles. The summed E-state index contributed by atoms with van der Waals surface area (Å²) in [7, 11) is 0. The van der Waals surface area contributed by atoms with E-state index in [0.29, 0.717) is 26.9 Å². The molecule has 0 fully saturated rings. The van der Waals surface area contributed by atoms with E-state index in [9.17, 15) is 14.4 Å². The molecule has 0 spiro atoms. The molecule has 2 heterocycles. The zero-order valence-electron chi connectivity index (χ0n) is 21.3. The molecule has 0 saturated carbocycles. The van der Waals surface area contributed by atoms with Gasteiger partial charge < -0.3 is 20.7 Å². The number of thiophene rings is 2. The van der Waals surface area contributed by atoms with Crippen molar-refractivity contribution >= 4 is 61.9 Å². The van der Waals surface area contributed by atoms with Crippen molar-refractivity contribution in [3.63, 3.8) is 0 Å². The first kappa shape index (κ1) is 26.9. The molecule has 200 valence electrons. The van der Waals surface area contributed by atoms with Gasteiger partial charge in [-0.2, -0.15) is 0 Å². The molecule has 0 radical (unpaired) electrons. The molecule has 0 saturated heterocycles. The monoisotopic (exact) mass is 567 g/mol. The lowest BCUT2D eigenvalue weighted by atomic mass is 10.2. The molecule has 0 aliphatic heterocycles. The number of rotatable bonds is 10. The zero-order valence-corrected chi connectivity index (χ0v) is 22.9. The second-order valence-corrected chi connectivity index (χ2v) is 10.8. The maximum absolute atomic E-state index is 13.4. The number of benzene rings is 3. The van der Waals surface area contributed by atoms with Crippen LogP contribution in [0, 0.1) is 0 Å². The summed E-state index contributed by atoms with van der Waals surface area (Å²) < 4.78 is 7.05. The van der Waals surface area contributed by atoms with Crippen LogP contribution in [0.4, 0.5) is 11.4 Å². The molecule has 5 rings (SSSR count). The van der Waals surface area contributed by atoms with Crippen molar-refractivity contribution in [3.05, 3.63) is 124 Å². The van der Waals surface area contributed by atoms with Gasteiger partial charge in [-0.3, -0.25) is 14.4 Å². The van der Waals surface area contributed by atoms with Crippen molar-refractivity contribution in [2.75, 3.05) is 10.6 Å². The second-order valence-electron chi connectivity index (χ2n) is 8.75. The fourth-order valence-electron chi connectivity index (χ4n) is 3.99. The Labute approximate surface area is 239 Å². The molecule has 0 aliphatic rings. The molecule has 0 aliphatic carbocycles. The number of hydrogen-bond donors (Lipinski definition) is 3. The Kier molecular flexibility index (Phi) is 8.34. The summed E-state index contributed by atoms with van der Waals surface area (Å²) in [6, 6.07) is 26.1. The second kappa shape index (κ2) is 12.4. The van der Waals surface area contributed by atoms with Crippen molar-refractivity contribution < 1.29 is 19.1 Å². The van der Waals surface area contributed by atoms with E-state index in [2.05, 4.69) is 22.5 Å². The van der Waals surface area contributed by atoms with Crippen LogP contribution >= 0.6 is 22.7 Å². The first-order valence-electron chi connectivity index (χ1n) is 12.4. The summed E-state index contributed by atoms with van der Waals surface area (Å²) in [5, 5.41) is 11.2. The molecular formula is C31H25N3O4S2. The highest BCUT2D eigenvalue weighted by molar-refractivity contribution is 7.21. The number of fused-ring (bicyclic) bond motifs is 1. The minimum atomic E-state index is -0.326. The van der Waals surface area contributed by atoms with Crippen LogP contribution in [0.2, 0.25) is 0 Å². The molecule has 7 nitrogen and oxygen atoms in total. The Bertz CT molecular complexity index is 1680. The summed E-state index contributed by atoms with van der Waals surface area (Å²) in [6.07, 6.45) is 1.20. The maximum atomic E-state index is 13.4. The van der Waals surface area contributed by atoms with E-state index in [1.165, 1.54) is 28.7 Å². The third kappa shape index (κ3) is 6.45. The quantitative estimate of drug-likeness (QED) is 0.161. The van der Waals surface area contributed by atoms with Crippen LogP contribution in [0.25, 0.3) is 10.1 Å². The summed E-state index contributed by atoms with van der Waals surface area (Å²) in [4.78, 5) is 38.7. The highest BCUT2D eigenvalue weighted by Gasteiger charge is 2.21. The van der Waals surface area contributed by atoms with Gasteiger partial charge in [0.1, 0.15) is 11.5 Å². The Morgan fingerprint density at radius 3 is 2.40 bits per heavy atom. The van der Waals surface area contributed by atoms with Crippen LogP contribution in [-0.2, 0) is 17.9 Å². The van der Waals surface area contributed by atoms with Crippen LogP contribution in [0.3, 0.4) is 0 Å². The number of carbonyl (C=O) groups is 3. The molecular weight excluding hydrogens is 542 g/mol. The summed E-state index contributed by atoms with van der Waals surface area (Å²) in [6.45, 7) is 4.03. The number of hydrogen-bond acceptors (Lipinski definition) is 6. The van der Waals surface area contributed by atoms with Crippen LogP contribution in [0.5, 0.6) is 5.75 Å². The van der Waals surface area contributed by atoms with Crippen LogP contribution < -0.4 is 20.7 Å². The van der Waals surface area contributed by atoms with Gasteiger partial charge in [0, 0.05) is 28.0 Å². The number of carbonyl (C=O) groups excluding carboxylic acids is 3. The van der Waals surface area contributed by atoms with Crippen LogP contribution in [0.1, 0.15) is 30.5 Å². The van der Waals surface area contributed by atoms with Gasteiger partial charge in [-0.15, -0.1) is 22.7 Å². The SMILES string of the molecule is C=CC(=O)Nc1ccc2sc(C(=O)NCc3cccc(NC(=O)c4cccs4)c3)c(OCc3ccccc3)c2c1. The van der Waals surface area contributed by atoms with E-state index in [0.717, 1.165) is 21.2 Å². The number of anilines is 2. The van der Waals surface area contributed by atoms with Gasteiger partial charge >= 0.3 is 0 Å². The zero-order chi connectivity index (χ0) is 27.9. The van der Waals surface area contributed by atoms with Gasteiger partial charge in [0.2, 0.25) is 5.91 Å². The Balaban J connectivity index is 1.35. The van der Waals surface area contributed by atoms with Crippen molar-refractivity contribution in [3.8, 4) is 5.75 Å². The normalized spacial score (nSPS) is 10.6. The van der Waals surface area contributed by atoms with E-state index >= 15 is 0 Å². The summed E-state index contributed by atoms with van der Waals surface area (Å²) in [5.74, 6) is -0.333. The van der Waals surface area contributed by atoms with Crippen molar-refractivity contribution in [1.82, 2.24) is 5.32 Å². The Morgan fingerprint density at radius 2 is 1.62 bits per heavy atom. The van der Waals surface area contributed by atoms with E-state index in [1.807, 2.05) is 66.0 Å². The van der Waals surface area contributed by atoms with E-state index < -0.39 is 0 Å². The molecule has 3 aromatic carbocycles. The largest absolute Gasteiger partial charge is 0.487 e. The van der Waals surface area contributed by atoms with Crippen molar-refractivity contribution in [1.29, 1.82) is 0 Å². The molecule has 0 unspecified atom stereocenters. The smallest absolute Gasteiger partial charge is 0.265 e. The summed E-state index contributed by atoms with van der Waals surface area (Å²) in [5.41, 5.74) is 3.02. The van der Waals surface area contributed by atoms with E-state index in [4.69, 9.17) is 4.74 Å². The predicted octanol–water partition coefficient (Wildman–Crippen LogP) is 6.85. The van der Waals surface area contributed by atoms with E-state index in [-0.39, 0.29) is 30.9 Å². The first-order valence-corrected chi connectivity index (χ1v) is 14.1. The van der Waals surface area contributed by atoms with Gasteiger partial charge in [0.25, 0.3) is 11.8 Å². The molecule has 9 heteroatoms. The van der Waals surface area contributed by atoms with Crippen molar-refractivity contribution in [2.24, 2.45) is 0 Å². The average Bonchev–Trinajstić information content (AvgIpc) is 3.64. The van der Waals surface area contributed by atoms with Gasteiger partial charge in [-0.1, -0.05) is 55.1 Å². The Morgan fingerprint density at radius 1 is 0.825 bits per heavy atom. The number of nitrogens with one attached hydrogen (secondary N) is 3. The third-order valence-electron chi connectivity index (χ3n) is 5.91. The molecule has 3 amide bonds. The Hall–Kier alpha value is -4.73. The minimum Gasteiger partial charge on any atom is -0.487 e. The van der Waals surface area contributed by atoms with Gasteiger partial charge in [0.15, 0.2) is 5.75 Å². The molecule has 0 bridgehead atoms.